The van der Waals surface area contributed by atoms with Gasteiger partial charge in [0.1, 0.15) is 17.3 Å². The number of hydrogen-bond acceptors (Lipinski definition) is 3. The summed E-state index contributed by atoms with van der Waals surface area (Å²) in [5.74, 6) is 1.64. The molecule has 0 saturated heterocycles. The fourth-order valence-corrected chi connectivity index (χ4v) is 3.43. The Morgan fingerprint density at radius 1 is 0.967 bits per heavy atom. The third-order valence-electron chi connectivity index (χ3n) is 5.34. The standard InChI is InChI=1S/C25H25N5/c1-16(2)19-7-5-18(6-8-19)14-27-25-23(21-11-9-20(10-12-21)17(3)4)29-24-22(13-26)15-28-30(24)25/h5-12,14-17,28H,1-4H3/b27-14+. The van der Waals surface area contributed by atoms with Crippen LogP contribution in [0.4, 0.5) is 5.82 Å². The number of nitrogens with zero attached hydrogens (tertiary/aromatic N) is 4. The molecule has 0 bridgehead atoms. The quantitative estimate of drug-likeness (QED) is 0.409. The van der Waals surface area contributed by atoms with Gasteiger partial charge in [-0.25, -0.2) is 14.5 Å². The van der Waals surface area contributed by atoms with E-state index < -0.39 is 0 Å². The molecule has 5 heteroatoms. The number of aromatic nitrogens is 3. The molecule has 2 aromatic carbocycles. The van der Waals surface area contributed by atoms with Crippen LogP contribution in [0, 0.1) is 11.3 Å². The van der Waals surface area contributed by atoms with Crippen molar-refractivity contribution in [3.8, 4) is 17.3 Å². The van der Waals surface area contributed by atoms with Gasteiger partial charge in [0, 0.05) is 18.0 Å². The number of nitrogens with one attached hydrogen (secondary N) is 1. The van der Waals surface area contributed by atoms with Gasteiger partial charge in [0.05, 0.1) is 0 Å². The molecule has 0 aliphatic carbocycles. The SMILES string of the molecule is CC(C)c1ccc(/C=N/c2c(-c3ccc(C(C)C)cc3)nc3c(C#N)c[nH]n23)cc1. The van der Waals surface area contributed by atoms with Gasteiger partial charge in [0.15, 0.2) is 11.5 Å². The molecule has 150 valence electrons. The number of rotatable bonds is 5. The fourth-order valence-electron chi connectivity index (χ4n) is 3.43. The van der Waals surface area contributed by atoms with E-state index in [9.17, 15) is 5.26 Å². The van der Waals surface area contributed by atoms with Crippen LogP contribution >= 0.6 is 0 Å². The Kier molecular flexibility index (Phi) is 5.24. The molecule has 0 saturated carbocycles. The van der Waals surface area contributed by atoms with Crippen molar-refractivity contribution in [1.29, 1.82) is 5.26 Å². The van der Waals surface area contributed by atoms with Crippen LogP contribution in [0.1, 0.15) is 61.8 Å². The van der Waals surface area contributed by atoms with Crippen LogP contribution in [0.25, 0.3) is 16.9 Å². The summed E-state index contributed by atoms with van der Waals surface area (Å²) >= 11 is 0. The van der Waals surface area contributed by atoms with Crippen molar-refractivity contribution < 1.29 is 0 Å². The van der Waals surface area contributed by atoms with Gasteiger partial charge in [-0.3, -0.25) is 5.10 Å². The van der Waals surface area contributed by atoms with E-state index in [0.29, 0.717) is 28.9 Å². The van der Waals surface area contributed by atoms with Gasteiger partial charge in [-0.05, 0) is 28.5 Å². The zero-order valence-electron chi connectivity index (χ0n) is 17.7. The average Bonchev–Trinajstić information content (AvgIpc) is 3.31. The lowest BCUT2D eigenvalue weighted by Crippen LogP contribution is -1.89. The molecule has 5 nitrogen and oxygen atoms in total. The highest BCUT2D eigenvalue weighted by Gasteiger charge is 2.17. The maximum absolute atomic E-state index is 9.41. The van der Waals surface area contributed by atoms with Gasteiger partial charge in [-0.1, -0.05) is 76.2 Å². The van der Waals surface area contributed by atoms with Gasteiger partial charge in [-0.2, -0.15) is 5.26 Å². The highest BCUT2D eigenvalue weighted by atomic mass is 15.3. The summed E-state index contributed by atoms with van der Waals surface area (Å²) in [4.78, 5) is 9.49. The smallest absolute Gasteiger partial charge is 0.180 e. The zero-order valence-corrected chi connectivity index (χ0v) is 17.7. The second kappa shape index (κ2) is 8.00. The Balaban J connectivity index is 1.78. The van der Waals surface area contributed by atoms with Crippen LogP contribution in [0.2, 0.25) is 0 Å². The molecule has 0 amide bonds. The van der Waals surface area contributed by atoms with Gasteiger partial charge >= 0.3 is 0 Å². The number of hydrogen-bond donors (Lipinski definition) is 1. The molecule has 4 rings (SSSR count). The molecule has 0 aliphatic rings. The minimum absolute atomic E-state index is 0.465. The monoisotopic (exact) mass is 395 g/mol. The Bertz CT molecular complexity index is 1230. The molecular formula is C25H25N5. The lowest BCUT2D eigenvalue weighted by molar-refractivity contribution is 0.866. The third kappa shape index (κ3) is 3.65. The van der Waals surface area contributed by atoms with E-state index in [4.69, 9.17) is 9.98 Å². The number of fused-ring (bicyclic) bond motifs is 1. The summed E-state index contributed by atoms with van der Waals surface area (Å²) in [5, 5.41) is 12.5. The first-order valence-electron chi connectivity index (χ1n) is 10.2. The van der Waals surface area contributed by atoms with Crippen LogP contribution in [0.3, 0.4) is 0 Å². The van der Waals surface area contributed by atoms with E-state index in [1.807, 2.05) is 6.21 Å². The highest BCUT2D eigenvalue weighted by molar-refractivity contribution is 5.85. The largest absolute Gasteiger partial charge is 0.297 e. The predicted octanol–water partition coefficient (Wildman–Crippen LogP) is 6.20. The summed E-state index contributed by atoms with van der Waals surface area (Å²) in [6.45, 7) is 8.71. The highest BCUT2D eigenvalue weighted by Crippen LogP contribution is 2.32. The summed E-state index contributed by atoms with van der Waals surface area (Å²) in [6, 6.07) is 19.0. The normalized spacial score (nSPS) is 11.8. The van der Waals surface area contributed by atoms with Crippen molar-refractivity contribution in [2.45, 2.75) is 39.5 Å². The summed E-state index contributed by atoms with van der Waals surface area (Å²) in [6.07, 6.45) is 3.50. The second-order valence-electron chi connectivity index (χ2n) is 8.10. The van der Waals surface area contributed by atoms with Crippen LogP contribution in [-0.4, -0.2) is 20.8 Å². The molecule has 4 aromatic rings. The first-order valence-corrected chi connectivity index (χ1v) is 10.2. The van der Waals surface area contributed by atoms with E-state index in [2.05, 4.69) is 87.4 Å². The topological polar surface area (TPSA) is 69.2 Å². The van der Waals surface area contributed by atoms with Gasteiger partial charge < -0.3 is 0 Å². The molecule has 2 aromatic heterocycles. The van der Waals surface area contributed by atoms with Crippen molar-refractivity contribution in [3.05, 3.63) is 77.0 Å². The number of nitriles is 1. The van der Waals surface area contributed by atoms with Crippen LogP contribution < -0.4 is 0 Å². The van der Waals surface area contributed by atoms with Crippen LogP contribution in [-0.2, 0) is 0 Å². The molecule has 0 radical (unpaired) electrons. The predicted molar refractivity (Wildman–Crippen MR) is 122 cm³/mol. The first-order chi connectivity index (χ1) is 14.5. The summed E-state index contributed by atoms with van der Waals surface area (Å²) in [7, 11) is 0. The maximum Gasteiger partial charge on any atom is 0.180 e. The molecule has 0 spiro atoms. The summed E-state index contributed by atoms with van der Waals surface area (Å²) < 4.78 is 1.77. The Morgan fingerprint density at radius 2 is 1.57 bits per heavy atom. The lowest BCUT2D eigenvalue weighted by Gasteiger charge is -2.06. The lowest BCUT2D eigenvalue weighted by atomic mass is 10.0. The molecule has 30 heavy (non-hydrogen) atoms. The first kappa shape index (κ1) is 19.7. The molecule has 0 fully saturated rings. The van der Waals surface area contributed by atoms with Crippen molar-refractivity contribution in [1.82, 2.24) is 14.6 Å². The van der Waals surface area contributed by atoms with Crippen LogP contribution in [0.5, 0.6) is 0 Å². The molecule has 1 N–H and O–H groups in total. The minimum atomic E-state index is 0.465. The Labute approximate surface area is 176 Å². The van der Waals surface area contributed by atoms with Crippen molar-refractivity contribution in [3.63, 3.8) is 0 Å². The summed E-state index contributed by atoms with van der Waals surface area (Å²) in [5.41, 5.74) is 6.40. The van der Waals surface area contributed by atoms with Gasteiger partial charge in [-0.15, -0.1) is 0 Å². The van der Waals surface area contributed by atoms with Crippen molar-refractivity contribution in [2.75, 3.05) is 0 Å². The van der Waals surface area contributed by atoms with Gasteiger partial charge in [0.25, 0.3) is 0 Å². The Morgan fingerprint density at radius 3 is 2.13 bits per heavy atom. The molecular weight excluding hydrogens is 370 g/mol. The van der Waals surface area contributed by atoms with E-state index in [0.717, 1.165) is 16.8 Å². The number of H-pyrrole nitrogens is 1. The van der Waals surface area contributed by atoms with E-state index in [-0.39, 0.29) is 0 Å². The number of imidazole rings is 1. The molecule has 2 heterocycles. The molecule has 0 unspecified atom stereocenters. The van der Waals surface area contributed by atoms with E-state index in [1.54, 1.807) is 10.7 Å². The van der Waals surface area contributed by atoms with Crippen molar-refractivity contribution >= 4 is 17.7 Å². The Hall–Kier alpha value is -3.65. The van der Waals surface area contributed by atoms with Crippen molar-refractivity contribution in [2.24, 2.45) is 4.99 Å². The average molecular weight is 396 g/mol. The van der Waals surface area contributed by atoms with Gasteiger partial charge in [0.2, 0.25) is 0 Å². The van der Waals surface area contributed by atoms with Crippen LogP contribution in [0.15, 0.2) is 59.7 Å². The number of aromatic amines is 1. The minimum Gasteiger partial charge on any atom is -0.297 e. The third-order valence-corrected chi connectivity index (χ3v) is 5.34. The molecule has 0 atom stereocenters. The second-order valence-corrected chi connectivity index (χ2v) is 8.10. The fraction of sp³-hybridized carbons (Fsp3) is 0.240. The number of aliphatic imine (C=N–C) groups is 1. The van der Waals surface area contributed by atoms with E-state index in [1.165, 1.54) is 11.1 Å². The van der Waals surface area contributed by atoms with E-state index >= 15 is 0 Å². The zero-order chi connectivity index (χ0) is 21.3. The number of benzene rings is 2. The maximum atomic E-state index is 9.41. The molecule has 0 aliphatic heterocycles.